The second-order valence-corrected chi connectivity index (χ2v) is 7.66. The van der Waals surface area contributed by atoms with E-state index in [0.29, 0.717) is 17.5 Å². The maximum Gasteiger partial charge on any atom is 0.233 e. The van der Waals surface area contributed by atoms with Crippen molar-refractivity contribution < 1.29 is 4.79 Å². The summed E-state index contributed by atoms with van der Waals surface area (Å²) >= 11 is 7.24. The molecule has 0 spiro atoms. The molecule has 0 saturated carbocycles. The van der Waals surface area contributed by atoms with Crippen LogP contribution in [0.5, 0.6) is 0 Å². The molecule has 2 heterocycles. The highest BCUT2D eigenvalue weighted by molar-refractivity contribution is 7.99. The predicted molar refractivity (Wildman–Crippen MR) is 109 cm³/mol. The lowest BCUT2D eigenvalue weighted by atomic mass is 10.1. The molecule has 0 saturated heterocycles. The largest absolute Gasteiger partial charge is 0.341 e. The standard InChI is InChI=1S/C20H21ClN4OS/c1-14-5-4-6-17(15(14)2)25-10-9-22-20(25)27-13-19(26)24(3)12-16-7-8-18(21)23-11-16/h4-11H,12-13H2,1-3H3. The van der Waals surface area contributed by atoms with Crippen molar-refractivity contribution in [3.05, 3.63) is 70.8 Å². The fourth-order valence-electron chi connectivity index (χ4n) is 2.67. The first-order chi connectivity index (χ1) is 13.0. The minimum absolute atomic E-state index is 0.0328. The molecule has 0 aliphatic heterocycles. The van der Waals surface area contributed by atoms with E-state index >= 15 is 0 Å². The first-order valence-corrected chi connectivity index (χ1v) is 9.89. The van der Waals surface area contributed by atoms with E-state index < -0.39 is 0 Å². The Bertz CT molecular complexity index is 939. The summed E-state index contributed by atoms with van der Waals surface area (Å²) in [4.78, 5) is 22.7. The summed E-state index contributed by atoms with van der Waals surface area (Å²) in [6.45, 7) is 4.68. The van der Waals surface area contributed by atoms with E-state index in [4.69, 9.17) is 11.6 Å². The molecule has 0 atom stereocenters. The molecule has 0 aliphatic carbocycles. The van der Waals surface area contributed by atoms with Gasteiger partial charge >= 0.3 is 0 Å². The Hall–Kier alpha value is -2.31. The Balaban J connectivity index is 1.65. The normalized spacial score (nSPS) is 10.8. The molecule has 0 N–H and O–H groups in total. The average Bonchev–Trinajstić information content (AvgIpc) is 3.12. The number of amides is 1. The highest BCUT2D eigenvalue weighted by Gasteiger charge is 2.14. The molecule has 5 nitrogen and oxygen atoms in total. The van der Waals surface area contributed by atoms with Gasteiger partial charge in [0, 0.05) is 32.2 Å². The number of carbonyl (C=O) groups is 1. The van der Waals surface area contributed by atoms with Crippen LogP contribution in [0.2, 0.25) is 5.15 Å². The number of hydrogen-bond acceptors (Lipinski definition) is 4. The van der Waals surface area contributed by atoms with Crippen molar-refractivity contribution in [2.45, 2.75) is 25.5 Å². The van der Waals surface area contributed by atoms with Crippen LogP contribution in [-0.4, -0.2) is 38.1 Å². The molecule has 3 rings (SSSR count). The van der Waals surface area contributed by atoms with E-state index in [1.807, 2.05) is 22.9 Å². The molecular weight excluding hydrogens is 380 g/mol. The number of carbonyl (C=O) groups excluding carboxylic acids is 1. The predicted octanol–water partition coefficient (Wildman–Crippen LogP) is 4.29. The zero-order chi connectivity index (χ0) is 19.4. The molecule has 0 bridgehead atoms. The molecule has 140 valence electrons. The Morgan fingerprint density at radius 3 is 2.78 bits per heavy atom. The summed E-state index contributed by atoms with van der Waals surface area (Å²) in [5, 5.41) is 1.25. The summed E-state index contributed by atoms with van der Waals surface area (Å²) < 4.78 is 2.03. The van der Waals surface area contributed by atoms with Crippen LogP contribution in [0.3, 0.4) is 0 Å². The number of hydrogen-bond donors (Lipinski definition) is 0. The minimum atomic E-state index is 0.0328. The van der Waals surface area contributed by atoms with Crippen molar-refractivity contribution in [2.24, 2.45) is 0 Å². The van der Waals surface area contributed by atoms with E-state index in [0.717, 1.165) is 16.4 Å². The van der Waals surface area contributed by atoms with Crippen LogP contribution in [0.4, 0.5) is 0 Å². The summed E-state index contributed by atoms with van der Waals surface area (Å²) in [7, 11) is 1.79. The smallest absolute Gasteiger partial charge is 0.233 e. The van der Waals surface area contributed by atoms with Gasteiger partial charge in [-0.05, 0) is 42.7 Å². The highest BCUT2D eigenvalue weighted by Crippen LogP contribution is 2.24. The lowest BCUT2D eigenvalue weighted by Gasteiger charge is -2.17. The van der Waals surface area contributed by atoms with Gasteiger partial charge in [-0.25, -0.2) is 9.97 Å². The third-order valence-corrected chi connectivity index (χ3v) is 5.58. The zero-order valence-corrected chi connectivity index (χ0v) is 17.1. The number of aromatic nitrogens is 3. The van der Waals surface area contributed by atoms with Gasteiger partial charge in [0.2, 0.25) is 5.91 Å². The first-order valence-electron chi connectivity index (χ1n) is 8.53. The lowest BCUT2D eigenvalue weighted by Crippen LogP contribution is -2.28. The zero-order valence-electron chi connectivity index (χ0n) is 15.5. The van der Waals surface area contributed by atoms with Gasteiger partial charge in [0.05, 0.1) is 11.4 Å². The molecule has 7 heteroatoms. The highest BCUT2D eigenvalue weighted by atomic mass is 35.5. The van der Waals surface area contributed by atoms with Gasteiger partial charge in [0.25, 0.3) is 0 Å². The summed E-state index contributed by atoms with van der Waals surface area (Å²) in [5.41, 5.74) is 4.46. The van der Waals surface area contributed by atoms with Gasteiger partial charge in [0.15, 0.2) is 5.16 Å². The third kappa shape index (κ3) is 4.70. The first kappa shape index (κ1) is 19.5. The molecule has 0 radical (unpaired) electrons. The number of pyridine rings is 1. The van der Waals surface area contributed by atoms with Crippen LogP contribution in [0.1, 0.15) is 16.7 Å². The molecule has 27 heavy (non-hydrogen) atoms. The van der Waals surface area contributed by atoms with Crippen molar-refractivity contribution in [2.75, 3.05) is 12.8 Å². The van der Waals surface area contributed by atoms with E-state index in [-0.39, 0.29) is 5.91 Å². The number of benzene rings is 1. The van der Waals surface area contributed by atoms with Crippen LogP contribution in [0, 0.1) is 13.8 Å². The molecule has 0 fully saturated rings. The fourth-order valence-corrected chi connectivity index (χ4v) is 3.69. The van der Waals surface area contributed by atoms with Crippen LogP contribution >= 0.6 is 23.4 Å². The SMILES string of the molecule is Cc1cccc(-n2ccnc2SCC(=O)N(C)Cc2ccc(Cl)nc2)c1C. The molecule has 1 amide bonds. The summed E-state index contributed by atoms with van der Waals surface area (Å²) in [6.07, 6.45) is 5.38. The summed E-state index contributed by atoms with van der Waals surface area (Å²) in [6, 6.07) is 9.79. The third-order valence-electron chi connectivity index (χ3n) is 4.40. The second kappa shape index (κ2) is 8.59. The number of thioether (sulfide) groups is 1. The molecule has 1 aromatic carbocycles. The van der Waals surface area contributed by atoms with Crippen molar-refractivity contribution in [3.63, 3.8) is 0 Å². The Kier molecular flexibility index (Phi) is 6.19. The van der Waals surface area contributed by atoms with E-state index in [9.17, 15) is 4.79 Å². The second-order valence-electron chi connectivity index (χ2n) is 6.33. The maximum absolute atomic E-state index is 12.5. The average molecular weight is 401 g/mol. The molecule has 0 aliphatic rings. The topological polar surface area (TPSA) is 51.0 Å². The fraction of sp³-hybridized carbons (Fsp3) is 0.250. The van der Waals surface area contributed by atoms with Crippen LogP contribution in [-0.2, 0) is 11.3 Å². The van der Waals surface area contributed by atoms with Crippen molar-refractivity contribution in [3.8, 4) is 5.69 Å². The van der Waals surface area contributed by atoms with Gasteiger partial charge in [0.1, 0.15) is 5.15 Å². The number of rotatable bonds is 6. The summed E-state index contributed by atoms with van der Waals surface area (Å²) in [5.74, 6) is 0.352. The Labute approximate surface area is 168 Å². The molecule has 0 unspecified atom stereocenters. The van der Waals surface area contributed by atoms with Crippen molar-refractivity contribution in [1.29, 1.82) is 0 Å². The van der Waals surface area contributed by atoms with Crippen molar-refractivity contribution in [1.82, 2.24) is 19.4 Å². The van der Waals surface area contributed by atoms with E-state index in [1.54, 1.807) is 30.4 Å². The van der Waals surface area contributed by atoms with Gasteiger partial charge < -0.3 is 4.90 Å². The number of imidazole rings is 1. The quantitative estimate of drug-likeness (QED) is 0.457. The number of halogens is 1. The van der Waals surface area contributed by atoms with Gasteiger partial charge in [-0.2, -0.15) is 0 Å². The van der Waals surface area contributed by atoms with Gasteiger partial charge in [-0.1, -0.05) is 41.6 Å². The Morgan fingerprint density at radius 2 is 2.04 bits per heavy atom. The molecular formula is C20H21ClN4OS. The van der Waals surface area contributed by atoms with E-state index in [2.05, 4.69) is 35.9 Å². The van der Waals surface area contributed by atoms with Crippen molar-refractivity contribution >= 4 is 29.3 Å². The Morgan fingerprint density at radius 1 is 1.22 bits per heavy atom. The lowest BCUT2D eigenvalue weighted by molar-refractivity contribution is -0.127. The van der Waals surface area contributed by atoms with Gasteiger partial charge in [-0.3, -0.25) is 9.36 Å². The van der Waals surface area contributed by atoms with E-state index in [1.165, 1.54) is 22.9 Å². The number of aryl methyl sites for hydroxylation is 1. The molecule has 2 aromatic heterocycles. The number of nitrogens with zero attached hydrogens (tertiary/aromatic N) is 4. The van der Waals surface area contributed by atoms with Gasteiger partial charge in [-0.15, -0.1) is 0 Å². The molecule has 3 aromatic rings. The van der Waals surface area contributed by atoms with Crippen LogP contribution in [0.25, 0.3) is 5.69 Å². The van der Waals surface area contributed by atoms with Crippen LogP contribution in [0.15, 0.2) is 54.1 Å². The maximum atomic E-state index is 12.5. The monoisotopic (exact) mass is 400 g/mol. The van der Waals surface area contributed by atoms with Crippen LogP contribution < -0.4 is 0 Å². The minimum Gasteiger partial charge on any atom is -0.341 e.